The summed E-state index contributed by atoms with van der Waals surface area (Å²) in [6.45, 7) is 2.02. The van der Waals surface area contributed by atoms with Crippen molar-refractivity contribution in [1.29, 1.82) is 0 Å². The molecule has 2 fully saturated rings. The van der Waals surface area contributed by atoms with Gasteiger partial charge >= 0.3 is 5.97 Å². The van der Waals surface area contributed by atoms with Crippen LogP contribution in [0.2, 0.25) is 0 Å². The zero-order chi connectivity index (χ0) is 21.2. The number of hydrogen-bond donors (Lipinski definition) is 1. The van der Waals surface area contributed by atoms with Crippen LogP contribution in [0.4, 0.5) is 5.69 Å². The Morgan fingerprint density at radius 3 is 2.52 bits per heavy atom. The largest absolute Gasteiger partial charge is 0.477 e. The molecule has 0 bridgehead atoms. The molecule has 1 aliphatic carbocycles. The van der Waals surface area contributed by atoms with Crippen molar-refractivity contribution in [1.82, 2.24) is 4.57 Å². The van der Waals surface area contributed by atoms with E-state index in [2.05, 4.69) is 21.6 Å². The highest BCUT2D eigenvalue weighted by Gasteiger charge is 2.43. The van der Waals surface area contributed by atoms with Gasteiger partial charge in [-0.1, -0.05) is 0 Å². The van der Waals surface area contributed by atoms with Crippen molar-refractivity contribution in [3.8, 4) is 22.4 Å². The molecule has 1 saturated heterocycles. The average Bonchev–Trinajstić information content (AvgIpc) is 3.44. The molecule has 3 aliphatic rings. The van der Waals surface area contributed by atoms with Gasteiger partial charge in [0.15, 0.2) is 5.43 Å². The summed E-state index contributed by atoms with van der Waals surface area (Å²) in [6, 6.07) is 8.01. The van der Waals surface area contributed by atoms with Crippen molar-refractivity contribution in [3.63, 3.8) is 0 Å². The zero-order valence-electron chi connectivity index (χ0n) is 17.3. The standard InChI is InChI=1S/C25H24N2O4/c28-23-12-22-19-11-21(26-7-1-2-8-26)18(16-4-9-31-15-16)10-17(19)13-25(5-3-6-25)27(22)14-20(23)24(29)30/h4,9-12,14-15H,1-3,5-8,13H2,(H,29,30). The lowest BCUT2D eigenvalue weighted by Gasteiger charge is -2.49. The summed E-state index contributed by atoms with van der Waals surface area (Å²) in [5, 5.41) is 9.52. The minimum absolute atomic E-state index is 0.136. The number of pyridine rings is 1. The number of nitrogens with zero attached hydrogens (tertiary/aromatic N) is 2. The van der Waals surface area contributed by atoms with E-state index in [1.165, 1.54) is 30.0 Å². The Balaban J connectivity index is 1.61. The number of anilines is 1. The van der Waals surface area contributed by atoms with E-state index in [0.717, 1.165) is 61.3 Å². The van der Waals surface area contributed by atoms with E-state index in [9.17, 15) is 14.7 Å². The molecular formula is C25H24N2O4. The molecule has 1 N–H and O–H groups in total. The van der Waals surface area contributed by atoms with Crippen LogP contribution in [0, 0.1) is 0 Å². The highest BCUT2D eigenvalue weighted by atomic mass is 16.4. The molecule has 158 valence electrons. The Morgan fingerprint density at radius 1 is 1.06 bits per heavy atom. The SMILES string of the molecule is O=C(O)c1cn2c(cc1=O)-c1cc(N3CCCC3)c(-c3ccoc3)cc1CC21CCC1. The summed E-state index contributed by atoms with van der Waals surface area (Å²) in [5.41, 5.74) is 5.79. The minimum atomic E-state index is -1.16. The van der Waals surface area contributed by atoms with Crippen LogP contribution in [0.25, 0.3) is 22.4 Å². The van der Waals surface area contributed by atoms with Gasteiger partial charge in [-0.25, -0.2) is 4.79 Å². The maximum Gasteiger partial charge on any atom is 0.341 e. The fourth-order valence-corrected chi connectivity index (χ4v) is 5.62. The van der Waals surface area contributed by atoms with Crippen LogP contribution >= 0.6 is 0 Å². The molecule has 1 saturated carbocycles. The van der Waals surface area contributed by atoms with Crippen molar-refractivity contribution in [2.24, 2.45) is 0 Å². The van der Waals surface area contributed by atoms with Gasteiger partial charge in [0, 0.05) is 53.3 Å². The van der Waals surface area contributed by atoms with Crippen LogP contribution in [-0.4, -0.2) is 28.7 Å². The van der Waals surface area contributed by atoms with Gasteiger partial charge in [0.2, 0.25) is 0 Å². The summed E-state index contributed by atoms with van der Waals surface area (Å²) in [4.78, 5) is 26.7. The Kier molecular flexibility index (Phi) is 3.94. The van der Waals surface area contributed by atoms with Crippen LogP contribution in [-0.2, 0) is 12.0 Å². The third kappa shape index (κ3) is 2.70. The van der Waals surface area contributed by atoms with Crippen molar-refractivity contribution in [3.05, 3.63) is 64.3 Å². The molecule has 0 radical (unpaired) electrons. The number of carboxylic acids is 1. The summed E-state index contributed by atoms with van der Waals surface area (Å²) < 4.78 is 7.48. The van der Waals surface area contributed by atoms with Crippen LogP contribution in [0.1, 0.15) is 48.0 Å². The first kappa shape index (κ1) is 18.5. The summed E-state index contributed by atoms with van der Waals surface area (Å²) >= 11 is 0. The van der Waals surface area contributed by atoms with Crippen LogP contribution < -0.4 is 10.3 Å². The molecule has 3 aromatic rings. The number of benzene rings is 1. The zero-order valence-corrected chi connectivity index (χ0v) is 17.3. The number of carbonyl (C=O) groups is 1. The van der Waals surface area contributed by atoms with Crippen molar-refractivity contribution < 1.29 is 14.3 Å². The first-order chi connectivity index (χ1) is 15.1. The van der Waals surface area contributed by atoms with Crippen molar-refractivity contribution in [2.75, 3.05) is 18.0 Å². The molecule has 4 heterocycles. The summed E-state index contributed by atoms with van der Waals surface area (Å²) in [7, 11) is 0. The fourth-order valence-electron chi connectivity index (χ4n) is 5.62. The topological polar surface area (TPSA) is 75.7 Å². The van der Waals surface area contributed by atoms with Gasteiger partial charge in [-0.15, -0.1) is 0 Å². The van der Waals surface area contributed by atoms with Gasteiger partial charge in [0.05, 0.1) is 18.2 Å². The van der Waals surface area contributed by atoms with Gasteiger partial charge < -0.3 is 19.0 Å². The van der Waals surface area contributed by atoms with Crippen LogP contribution in [0.5, 0.6) is 0 Å². The normalized spacial score (nSPS) is 18.5. The van der Waals surface area contributed by atoms with Crippen LogP contribution in [0.3, 0.4) is 0 Å². The van der Waals surface area contributed by atoms with E-state index in [0.29, 0.717) is 0 Å². The lowest BCUT2D eigenvalue weighted by molar-refractivity contribution is 0.0691. The fraction of sp³-hybridized carbons (Fsp3) is 0.360. The Morgan fingerprint density at radius 2 is 1.87 bits per heavy atom. The first-order valence-electron chi connectivity index (χ1n) is 11.0. The van der Waals surface area contributed by atoms with E-state index in [-0.39, 0.29) is 11.1 Å². The highest BCUT2D eigenvalue weighted by molar-refractivity contribution is 5.89. The molecule has 1 spiro atoms. The minimum Gasteiger partial charge on any atom is -0.477 e. The van der Waals surface area contributed by atoms with Crippen molar-refractivity contribution >= 4 is 11.7 Å². The maximum atomic E-state index is 12.6. The molecule has 31 heavy (non-hydrogen) atoms. The maximum absolute atomic E-state index is 12.6. The molecule has 6 heteroatoms. The first-order valence-corrected chi connectivity index (χ1v) is 11.0. The van der Waals surface area contributed by atoms with E-state index < -0.39 is 11.4 Å². The second-order valence-corrected chi connectivity index (χ2v) is 9.10. The predicted molar refractivity (Wildman–Crippen MR) is 118 cm³/mol. The number of carboxylic acid groups (broad SMARTS) is 1. The number of furan rings is 1. The molecule has 2 aliphatic heterocycles. The number of aromatic nitrogens is 1. The van der Waals surface area contributed by atoms with Gasteiger partial charge in [0.25, 0.3) is 0 Å². The number of fused-ring (bicyclic) bond motifs is 4. The Labute approximate surface area is 179 Å². The van der Waals surface area contributed by atoms with Crippen LogP contribution in [0.15, 0.2) is 52.2 Å². The Bertz CT molecular complexity index is 1250. The van der Waals surface area contributed by atoms with Crippen molar-refractivity contribution in [2.45, 2.75) is 44.1 Å². The molecule has 0 unspecified atom stereocenters. The lowest BCUT2D eigenvalue weighted by atomic mass is 9.69. The second-order valence-electron chi connectivity index (χ2n) is 9.10. The molecule has 6 rings (SSSR count). The monoisotopic (exact) mass is 416 g/mol. The average molecular weight is 416 g/mol. The number of aromatic carboxylic acids is 1. The number of hydrogen-bond acceptors (Lipinski definition) is 4. The van der Waals surface area contributed by atoms with E-state index in [1.54, 1.807) is 18.7 Å². The van der Waals surface area contributed by atoms with Gasteiger partial charge in [-0.3, -0.25) is 4.79 Å². The van der Waals surface area contributed by atoms with Gasteiger partial charge in [0.1, 0.15) is 5.56 Å². The number of rotatable bonds is 3. The third-order valence-corrected chi connectivity index (χ3v) is 7.37. The predicted octanol–water partition coefficient (Wildman–Crippen LogP) is 4.51. The molecule has 6 nitrogen and oxygen atoms in total. The summed E-state index contributed by atoms with van der Waals surface area (Å²) in [6.07, 6.45) is 11.4. The smallest absolute Gasteiger partial charge is 0.341 e. The summed E-state index contributed by atoms with van der Waals surface area (Å²) in [5.74, 6) is -1.16. The van der Waals surface area contributed by atoms with E-state index >= 15 is 0 Å². The second kappa shape index (κ2) is 6.61. The molecule has 2 aromatic heterocycles. The lowest BCUT2D eigenvalue weighted by Crippen LogP contribution is -2.46. The van der Waals surface area contributed by atoms with E-state index in [1.807, 2.05) is 6.07 Å². The van der Waals surface area contributed by atoms with E-state index in [4.69, 9.17) is 4.42 Å². The molecule has 0 amide bonds. The molecule has 0 atom stereocenters. The third-order valence-electron chi connectivity index (χ3n) is 7.37. The molecule has 1 aromatic carbocycles. The molecular weight excluding hydrogens is 392 g/mol. The van der Waals surface area contributed by atoms with Gasteiger partial charge in [-0.2, -0.15) is 0 Å². The Hall–Kier alpha value is -3.28. The highest BCUT2D eigenvalue weighted by Crippen LogP contribution is 2.50. The van der Waals surface area contributed by atoms with Gasteiger partial charge in [-0.05, 0) is 62.3 Å². The quantitative estimate of drug-likeness (QED) is 0.680.